The number of benzene rings is 1. The summed E-state index contributed by atoms with van der Waals surface area (Å²) in [6.45, 7) is 2.50. The summed E-state index contributed by atoms with van der Waals surface area (Å²) in [6, 6.07) is 7.79. The first-order valence-electron chi connectivity index (χ1n) is 7.45. The summed E-state index contributed by atoms with van der Waals surface area (Å²) >= 11 is 3.37. The second kappa shape index (κ2) is 7.80. The molecule has 0 aliphatic heterocycles. The minimum Gasteiger partial charge on any atom is -0.481 e. The molecule has 1 fully saturated rings. The molecule has 1 aliphatic carbocycles. The first-order chi connectivity index (χ1) is 10.1. The molecule has 0 saturated heterocycles. The van der Waals surface area contributed by atoms with E-state index in [0.717, 1.165) is 17.3 Å². The summed E-state index contributed by atoms with van der Waals surface area (Å²) in [5.74, 6) is 0.700. The largest absolute Gasteiger partial charge is 0.481 e. The van der Waals surface area contributed by atoms with Crippen molar-refractivity contribution in [1.29, 1.82) is 0 Å². The number of rotatable bonds is 7. The predicted molar refractivity (Wildman–Crippen MR) is 85.3 cm³/mol. The van der Waals surface area contributed by atoms with E-state index in [4.69, 9.17) is 9.84 Å². The van der Waals surface area contributed by atoms with Crippen LogP contribution in [-0.2, 0) is 4.79 Å². The van der Waals surface area contributed by atoms with Crippen LogP contribution >= 0.6 is 15.9 Å². The van der Waals surface area contributed by atoms with Crippen molar-refractivity contribution in [2.75, 3.05) is 13.2 Å². The zero-order chi connectivity index (χ0) is 15.2. The molecule has 1 amide bonds. The number of aliphatic hydroxyl groups is 1. The van der Waals surface area contributed by atoms with Crippen molar-refractivity contribution in [1.82, 2.24) is 4.90 Å². The predicted octanol–water partition coefficient (Wildman–Crippen LogP) is 2.98. The summed E-state index contributed by atoms with van der Waals surface area (Å²) in [5, 5.41) is 9.00. The molecule has 0 aromatic heterocycles. The normalized spacial score (nSPS) is 16.1. The lowest BCUT2D eigenvalue weighted by atomic mass is 9.91. The van der Waals surface area contributed by atoms with Gasteiger partial charge in [0.25, 0.3) is 5.91 Å². The van der Waals surface area contributed by atoms with E-state index >= 15 is 0 Å². The van der Waals surface area contributed by atoms with Crippen LogP contribution in [0.25, 0.3) is 0 Å². The van der Waals surface area contributed by atoms with E-state index in [0.29, 0.717) is 24.8 Å². The smallest absolute Gasteiger partial charge is 0.263 e. The van der Waals surface area contributed by atoms with Crippen molar-refractivity contribution >= 4 is 21.8 Å². The van der Waals surface area contributed by atoms with E-state index in [9.17, 15) is 4.79 Å². The molecule has 2 rings (SSSR count). The first kappa shape index (κ1) is 16.3. The molecule has 1 saturated carbocycles. The Bertz CT molecular complexity index is 459. The van der Waals surface area contributed by atoms with E-state index in [1.165, 1.54) is 6.42 Å². The zero-order valence-corrected chi connectivity index (χ0v) is 13.9. The van der Waals surface area contributed by atoms with Crippen LogP contribution in [0.15, 0.2) is 28.7 Å². The van der Waals surface area contributed by atoms with Gasteiger partial charge >= 0.3 is 0 Å². The molecule has 1 aromatic carbocycles. The molecule has 21 heavy (non-hydrogen) atoms. The van der Waals surface area contributed by atoms with Crippen molar-refractivity contribution in [2.24, 2.45) is 0 Å². The average molecular weight is 356 g/mol. The van der Waals surface area contributed by atoms with Gasteiger partial charge in [-0.2, -0.15) is 0 Å². The number of carbonyl (C=O) groups is 1. The highest BCUT2D eigenvalue weighted by Crippen LogP contribution is 2.26. The van der Waals surface area contributed by atoms with Gasteiger partial charge in [-0.05, 0) is 56.9 Å². The minimum absolute atomic E-state index is 0.0102. The number of aliphatic hydroxyl groups excluding tert-OH is 1. The highest BCUT2D eigenvalue weighted by atomic mass is 79.9. The van der Waals surface area contributed by atoms with Crippen LogP contribution in [0.5, 0.6) is 5.75 Å². The van der Waals surface area contributed by atoms with Gasteiger partial charge in [-0.1, -0.05) is 15.9 Å². The number of carbonyl (C=O) groups excluding carboxylic acids is 1. The van der Waals surface area contributed by atoms with Crippen LogP contribution < -0.4 is 4.74 Å². The Morgan fingerprint density at radius 3 is 2.62 bits per heavy atom. The highest BCUT2D eigenvalue weighted by molar-refractivity contribution is 9.10. The standard InChI is InChI=1S/C16H22BrNO3/c1-12(21-15-8-6-13(17)7-9-15)16(20)18(10-3-11-19)14-4-2-5-14/h6-9,12,14,19H,2-5,10-11H2,1H3. The summed E-state index contributed by atoms with van der Waals surface area (Å²) in [6.07, 6.45) is 3.40. The van der Waals surface area contributed by atoms with Gasteiger partial charge in [0.05, 0.1) is 0 Å². The number of ether oxygens (including phenoxy) is 1. The fourth-order valence-electron chi connectivity index (χ4n) is 2.41. The van der Waals surface area contributed by atoms with Crippen LogP contribution in [0.3, 0.4) is 0 Å². The summed E-state index contributed by atoms with van der Waals surface area (Å²) in [7, 11) is 0. The maximum absolute atomic E-state index is 12.6. The molecule has 5 heteroatoms. The third-order valence-electron chi connectivity index (χ3n) is 3.83. The van der Waals surface area contributed by atoms with E-state index in [1.807, 2.05) is 29.2 Å². The summed E-state index contributed by atoms with van der Waals surface area (Å²) in [5.41, 5.74) is 0. The number of halogens is 1. The summed E-state index contributed by atoms with van der Waals surface area (Å²) in [4.78, 5) is 14.4. The second-order valence-corrected chi connectivity index (χ2v) is 6.32. The monoisotopic (exact) mass is 355 g/mol. The van der Waals surface area contributed by atoms with Crippen molar-refractivity contribution in [3.05, 3.63) is 28.7 Å². The first-order valence-corrected chi connectivity index (χ1v) is 8.24. The lowest BCUT2D eigenvalue weighted by molar-refractivity contribution is -0.142. The van der Waals surface area contributed by atoms with Gasteiger partial charge in [-0.3, -0.25) is 4.79 Å². The third-order valence-corrected chi connectivity index (χ3v) is 4.36. The number of nitrogens with zero attached hydrogens (tertiary/aromatic N) is 1. The van der Waals surface area contributed by atoms with Crippen LogP contribution in [0.1, 0.15) is 32.6 Å². The molecule has 0 heterocycles. The zero-order valence-electron chi connectivity index (χ0n) is 12.3. The van der Waals surface area contributed by atoms with Crippen molar-refractivity contribution in [2.45, 2.75) is 44.8 Å². The molecule has 1 unspecified atom stereocenters. The molecular formula is C16H22BrNO3. The molecule has 0 bridgehead atoms. The second-order valence-electron chi connectivity index (χ2n) is 5.41. The fourth-order valence-corrected chi connectivity index (χ4v) is 2.68. The Labute approximate surface area is 134 Å². The molecule has 1 N–H and O–H groups in total. The number of hydrogen-bond donors (Lipinski definition) is 1. The summed E-state index contributed by atoms with van der Waals surface area (Å²) < 4.78 is 6.72. The Balaban J connectivity index is 1.96. The van der Waals surface area contributed by atoms with E-state index in [-0.39, 0.29) is 12.5 Å². The molecule has 0 radical (unpaired) electrons. The Morgan fingerprint density at radius 1 is 1.43 bits per heavy atom. The van der Waals surface area contributed by atoms with Gasteiger partial charge in [0, 0.05) is 23.7 Å². The fraction of sp³-hybridized carbons (Fsp3) is 0.562. The lowest BCUT2D eigenvalue weighted by Crippen LogP contribution is -2.49. The quantitative estimate of drug-likeness (QED) is 0.817. The van der Waals surface area contributed by atoms with Crippen LogP contribution in [0.4, 0.5) is 0 Å². The molecule has 116 valence electrons. The van der Waals surface area contributed by atoms with E-state index in [2.05, 4.69) is 15.9 Å². The number of hydrogen-bond acceptors (Lipinski definition) is 3. The topological polar surface area (TPSA) is 49.8 Å². The van der Waals surface area contributed by atoms with E-state index in [1.54, 1.807) is 6.92 Å². The van der Waals surface area contributed by atoms with Gasteiger partial charge in [0.2, 0.25) is 0 Å². The molecule has 0 spiro atoms. The van der Waals surface area contributed by atoms with Crippen molar-refractivity contribution in [3.63, 3.8) is 0 Å². The Hall–Kier alpha value is -1.07. The number of amides is 1. The Morgan fingerprint density at radius 2 is 2.10 bits per heavy atom. The van der Waals surface area contributed by atoms with Crippen molar-refractivity contribution < 1.29 is 14.6 Å². The van der Waals surface area contributed by atoms with E-state index < -0.39 is 6.10 Å². The molecule has 1 atom stereocenters. The molecule has 1 aromatic rings. The third kappa shape index (κ3) is 4.45. The van der Waals surface area contributed by atoms with Crippen molar-refractivity contribution in [3.8, 4) is 5.75 Å². The van der Waals surface area contributed by atoms with Gasteiger partial charge in [-0.25, -0.2) is 0 Å². The van der Waals surface area contributed by atoms with Gasteiger partial charge in [0.15, 0.2) is 6.10 Å². The lowest BCUT2D eigenvalue weighted by Gasteiger charge is -2.38. The minimum atomic E-state index is -0.509. The average Bonchev–Trinajstić information content (AvgIpc) is 2.43. The molecular weight excluding hydrogens is 334 g/mol. The van der Waals surface area contributed by atoms with Gasteiger partial charge < -0.3 is 14.7 Å². The molecule has 1 aliphatic rings. The Kier molecular flexibility index (Phi) is 6.06. The van der Waals surface area contributed by atoms with Crippen LogP contribution in [0, 0.1) is 0 Å². The van der Waals surface area contributed by atoms with Crippen LogP contribution in [-0.4, -0.2) is 41.2 Å². The maximum Gasteiger partial charge on any atom is 0.263 e. The molecule has 4 nitrogen and oxygen atoms in total. The van der Waals surface area contributed by atoms with Crippen LogP contribution in [0.2, 0.25) is 0 Å². The van der Waals surface area contributed by atoms with Gasteiger partial charge in [0.1, 0.15) is 5.75 Å². The highest BCUT2D eigenvalue weighted by Gasteiger charge is 2.31. The maximum atomic E-state index is 12.6. The van der Waals surface area contributed by atoms with Gasteiger partial charge in [-0.15, -0.1) is 0 Å². The SMILES string of the molecule is CC(Oc1ccc(Br)cc1)C(=O)N(CCCO)C1CCC1.